The lowest BCUT2D eigenvalue weighted by molar-refractivity contribution is 0.565. The summed E-state index contributed by atoms with van der Waals surface area (Å²) in [6.45, 7) is 0. The van der Waals surface area contributed by atoms with E-state index in [2.05, 4.69) is 72.8 Å². The van der Waals surface area contributed by atoms with Crippen molar-refractivity contribution in [3.05, 3.63) is 89.5 Å². The minimum Gasteiger partial charge on any atom is -0.0882 e. The zero-order chi connectivity index (χ0) is 15.2. The van der Waals surface area contributed by atoms with Gasteiger partial charge in [0.15, 0.2) is 0 Å². The van der Waals surface area contributed by atoms with E-state index in [1.54, 1.807) is 0 Å². The zero-order valence-corrected chi connectivity index (χ0v) is 13.1. The first-order valence-electron chi connectivity index (χ1n) is 8.60. The molecule has 0 fully saturated rings. The summed E-state index contributed by atoms with van der Waals surface area (Å²) in [7, 11) is 0. The lowest BCUT2D eigenvalue weighted by Crippen LogP contribution is -2.09. The highest BCUT2D eigenvalue weighted by Crippen LogP contribution is 2.52. The molecule has 0 aromatic heterocycles. The van der Waals surface area contributed by atoms with Crippen molar-refractivity contribution in [3.8, 4) is 11.1 Å². The molecule has 0 saturated carbocycles. The van der Waals surface area contributed by atoms with Gasteiger partial charge in [-0.1, -0.05) is 66.8 Å². The molecule has 2 atom stereocenters. The van der Waals surface area contributed by atoms with Gasteiger partial charge < -0.3 is 0 Å². The van der Waals surface area contributed by atoms with Gasteiger partial charge >= 0.3 is 0 Å². The highest BCUT2D eigenvalue weighted by molar-refractivity contribution is 5.87. The highest BCUT2D eigenvalue weighted by Gasteiger charge is 2.36. The summed E-state index contributed by atoms with van der Waals surface area (Å²) < 4.78 is 0. The van der Waals surface area contributed by atoms with Crippen molar-refractivity contribution in [1.29, 1.82) is 0 Å². The second kappa shape index (κ2) is 5.09. The fourth-order valence-electron chi connectivity index (χ4n) is 4.51. The van der Waals surface area contributed by atoms with Crippen LogP contribution in [0.15, 0.2) is 66.8 Å². The van der Waals surface area contributed by atoms with Crippen LogP contribution < -0.4 is 0 Å². The molecule has 0 saturated heterocycles. The Morgan fingerprint density at radius 1 is 0.870 bits per heavy atom. The Kier molecular flexibility index (Phi) is 2.91. The first-order chi connectivity index (χ1) is 11.4. The van der Waals surface area contributed by atoms with Gasteiger partial charge in [0.25, 0.3) is 0 Å². The Hall–Kier alpha value is -2.34. The lowest BCUT2D eigenvalue weighted by atomic mass is 9.81. The molecule has 23 heavy (non-hydrogen) atoms. The maximum atomic E-state index is 3.53. The van der Waals surface area contributed by atoms with E-state index in [0.29, 0.717) is 11.8 Å². The molecule has 0 heterocycles. The van der Waals surface area contributed by atoms with Gasteiger partial charge in [-0.2, -0.15) is 0 Å². The number of rotatable bonds is 2. The van der Waals surface area contributed by atoms with Crippen molar-refractivity contribution in [1.82, 2.24) is 0 Å². The summed E-state index contributed by atoms with van der Waals surface area (Å²) in [5, 5.41) is 0. The van der Waals surface area contributed by atoms with E-state index in [1.807, 2.05) is 0 Å². The Morgan fingerprint density at radius 2 is 1.74 bits per heavy atom. The predicted molar refractivity (Wildman–Crippen MR) is 96.0 cm³/mol. The summed E-state index contributed by atoms with van der Waals surface area (Å²) in [4.78, 5) is 0. The monoisotopic (exact) mass is 295 g/mol. The van der Waals surface area contributed by atoms with E-state index >= 15 is 0 Å². The van der Waals surface area contributed by atoms with E-state index in [1.165, 1.54) is 46.2 Å². The summed E-state index contributed by atoms with van der Waals surface area (Å²) in [6, 6.07) is 15.8. The van der Waals surface area contributed by atoms with Crippen LogP contribution in [-0.4, -0.2) is 0 Å². The molecule has 3 aliphatic rings. The van der Waals surface area contributed by atoms with E-state index < -0.39 is 0 Å². The Morgan fingerprint density at radius 3 is 2.57 bits per heavy atom. The minimum absolute atomic E-state index is 0.499. The number of hydrogen-bond donors (Lipinski definition) is 0. The van der Waals surface area contributed by atoms with Crippen LogP contribution in [0.3, 0.4) is 0 Å². The lowest BCUT2D eigenvalue weighted by Gasteiger charge is -2.22. The summed E-state index contributed by atoms with van der Waals surface area (Å²) >= 11 is 0. The third-order valence-electron chi connectivity index (χ3n) is 5.47. The molecule has 1 radical (unpaired) electrons. The van der Waals surface area contributed by atoms with E-state index in [9.17, 15) is 0 Å². The van der Waals surface area contributed by atoms with Crippen LogP contribution >= 0.6 is 0 Å². The average molecular weight is 295 g/mol. The van der Waals surface area contributed by atoms with Gasteiger partial charge in [0, 0.05) is 5.92 Å². The van der Waals surface area contributed by atoms with Gasteiger partial charge in [0.05, 0.1) is 0 Å². The Balaban J connectivity index is 1.77. The molecule has 0 heteroatoms. The van der Waals surface area contributed by atoms with Crippen molar-refractivity contribution in [2.24, 2.45) is 5.92 Å². The van der Waals surface area contributed by atoms with E-state index in [0.717, 1.165) is 6.42 Å². The van der Waals surface area contributed by atoms with Crippen molar-refractivity contribution in [2.75, 3.05) is 0 Å². The molecule has 0 bridgehead atoms. The molecular formula is C23H19. The van der Waals surface area contributed by atoms with Gasteiger partial charge in [-0.15, -0.1) is 0 Å². The number of benzene rings is 2. The molecule has 0 nitrogen and oxygen atoms in total. The van der Waals surface area contributed by atoms with Crippen LogP contribution in [-0.2, 0) is 0 Å². The van der Waals surface area contributed by atoms with Crippen LogP contribution in [0.4, 0.5) is 0 Å². The summed E-state index contributed by atoms with van der Waals surface area (Å²) in [6.07, 6.45) is 16.2. The number of allylic oxidation sites excluding steroid dienone is 6. The third-order valence-corrected chi connectivity index (χ3v) is 5.47. The van der Waals surface area contributed by atoms with Gasteiger partial charge in [-0.3, -0.25) is 0 Å². The topological polar surface area (TPSA) is 0 Å². The molecule has 0 amide bonds. The standard InChI is InChI=1S/C23H19/c1-2-9-16(8-1)18-14-7-15-21-19-12-5-6-13-20(19)22(23(18)21)17-10-3-4-11-17/h1,3,5-8,10,12-15,17,22H,2,4,11H2. The third kappa shape index (κ3) is 1.91. The SMILES string of the molecule is [C]1=C(c2cccc3c2C(C2C=CCC2)c2ccccc2-3)C=CC1. The van der Waals surface area contributed by atoms with Crippen LogP contribution in [0.25, 0.3) is 16.7 Å². The normalized spacial score (nSPS) is 23.9. The van der Waals surface area contributed by atoms with Crippen molar-refractivity contribution in [2.45, 2.75) is 25.2 Å². The molecule has 3 aliphatic carbocycles. The molecule has 2 aromatic carbocycles. The quantitative estimate of drug-likeness (QED) is 0.604. The molecule has 0 aliphatic heterocycles. The van der Waals surface area contributed by atoms with Crippen molar-refractivity contribution < 1.29 is 0 Å². The van der Waals surface area contributed by atoms with Gasteiger partial charge in [0.1, 0.15) is 0 Å². The van der Waals surface area contributed by atoms with Crippen molar-refractivity contribution >= 4 is 5.57 Å². The Labute approximate surface area is 137 Å². The highest BCUT2D eigenvalue weighted by atomic mass is 14.4. The van der Waals surface area contributed by atoms with Gasteiger partial charge in [-0.05, 0) is 64.6 Å². The second-order valence-corrected chi connectivity index (χ2v) is 6.70. The smallest absolute Gasteiger partial charge is 0.0171 e. The van der Waals surface area contributed by atoms with Crippen LogP contribution in [0.5, 0.6) is 0 Å². The molecular weight excluding hydrogens is 276 g/mol. The van der Waals surface area contributed by atoms with Crippen LogP contribution in [0, 0.1) is 12.0 Å². The molecule has 2 unspecified atom stereocenters. The first kappa shape index (κ1) is 13.1. The maximum absolute atomic E-state index is 3.53. The Bertz CT molecular complexity index is 863. The number of hydrogen-bond acceptors (Lipinski definition) is 0. The van der Waals surface area contributed by atoms with Crippen molar-refractivity contribution in [3.63, 3.8) is 0 Å². The predicted octanol–water partition coefficient (Wildman–Crippen LogP) is 5.91. The fraction of sp³-hybridized carbons (Fsp3) is 0.217. The molecule has 0 N–H and O–H groups in total. The summed E-state index contributed by atoms with van der Waals surface area (Å²) in [5.74, 6) is 1.13. The largest absolute Gasteiger partial charge is 0.0882 e. The number of fused-ring (bicyclic) bond motifs is 3. The fourth-order valence-corrected chi connectivity index (χ4v) is 4.51. The molecule has 5 rings (SSSR count). The molecule has 111 valence electrons. The van der Waals surface area contributed by atoms with Gasteiger partial charge in [-0.25, -0.2) is 0 Å². The second-order valence-electron chi connectivity index (χ2n) is 6.70. The van der Waals surface area contributed by atoms with E-state index in [-0.39, 0.29) is 0 Å². The van der Waals surface area contributed by atoms with Gasteiger partial charge in [0.2, 0.25) is 0 Å². The maximum Gasteiger partial charge on any atom is 0.0171 e. The minimum atomic E-state index is 0.499. The van der Waals surface area contributed by atoms with E-state index in [4.69, 9.17) is 0 Å². The zero-order valence-electron chi connectivity index (χ0n) is 13.1. The van der Waals surface area contributed by atoms with Crippen LogP contribution in [0.2, 0.25) is 0 Å². The average Bonchev–Trinajstić information content (AvgIpc) is 3.33. The molecule has 2 aromatic rings. The molecule has 0 spiro atoms. The van der Waals surface area contributed by atoms with Crippen LogP contribution in [0.1, 0.15) is 41.9 Å². The summed E-state index contributed by atoms with van der Waals surface area (Å²) in [5.41, 5.74) is 8.56. The first-order valence-corrected chi connectivity index (χ1v) is 8.60.